The highest BCUT2D eigenvalue weighted by atomic mass is 16.6. The lowest BCUT2D eigenvalue weighted by Gasteiger charge is -2.34. The van der Waals surface area contributed by atoms with Gasteiger partial charge in [-0.25, -0.2) is 4.79 Å². The van der Waals surface area contributed by atoms with Gasteiger partial charge in [-0.2, -0.15) is 0 Å². The summed E-state index contributed by atoms with van der Waals surface area (Å²) in [7, 11) is 2.05. The molecule has 0 spiro atoms. The third-order valence-corrected chi connectivity index (χ3v) is 7.22. The summed E-state index contributed by atoms with van der Waals surface area (Å²) < 4.78 is 7.77. The lowest BCUT2D eigenvalue weighted by molar-refractivity contribution is -0.121. The molecule has 7 nitrogen and oxygen atoms in total. The molecule has 0 saturated carbocycles. The number of anilines is 1. The van der Waals surface area contributed by atoms with Gasteiger partial charge in [-0.3, -0.25) is 9.69 Å². The van der Waals surface area contributed by atoms with Gasteiger partial charge < -0.3 is 19.1 Å². The SMILES string of the molecule is Cn1c2c(c3ccc(N4CCN(CCc5ccccc5)CC4=O)cc31)CCN(C(=O)OC(C)(C)C)C2. The Morgan fingerprint density at radius 1 is 1.00 bits per heavy atom. The standard InChI is InChI=1S/C29H36N4O3/c1-29(2,3)36-28(35)32-15-13-24-23-11-10-22(18-25(23)30(4)26(24)19-32)33-17-16-31(20-27(33)34)14-12-21-8-6-5-7-9-21/h5-11,18H,12-17,19-20H2,1-4H3. The van der Waals surface area contributed by atoms with Gasteiger partial charge in [-0.1, -0.05) is 36.4 Å². The minimum atomic E-state index is -0.511. The number of aryl methyl sites for hydroxylation is 1. The number of carbonyl (C=O) groups is 2. The highest BCUT2D eigenvalue weighted by molar-refractivity contribution is 5.98. The van der Waals surface area contributed by atoms with E-state index >= 15 is 0 Å². The average Bonchev–Trinajstić information content (AvgIpc) is 3.13. The number of nitrogens with zero attached hydrogens (tertiary/aromatic N) is 4. The van der Waals surface area contributed by atoms with Crippen molar-refractivity contribution in [2.24, 2.45) is 7.05 Å². The maximum Gasteiger partial charge on any atom is 0.410 e. The van der Waals surface area contributed by atoms with Crippen LogP contribution in [0, 0.1) is 0 Å². The molecule has 2 aliphatic heterocycles. The molecule has 1 fully saturated rings. The third kappa shape index (κ3) is 4.98. The van der Waals surface area contributed by atoms with Crippen LogP contribution in [0.25, 0.3) is 10.9 Å². The first kappa shape index (κ1) is 24.4. The van der Waals surface area contributed by atoms with E-state index < -0.39 is 5.60 Å². The Morgan fingerprint density at radius 2 is 1.78 bits per heavy atom. The van der Waals surface area contributed by atoms with E-state index in [2.05, 4.69) is 51.9 Å². The Balaban J connectivity index is 1.29. The molecule has 36 heavy (non-hydrogen) atoms. The average molecular weight is 489 g/mol. The third-order valence-electron chi connectivity index (χ3n) is 7.22. The van der Waals surface area contributed by atoms with Crippen LogP contribution in [-0.4, -0.2) is 64.7 Å². The van der Waals surface area contributed by atoms with Gasteiger partial charge in [0, 0.05) is 50.0 Å². The van der Waals surface area contributed by atoms with Gasteiger partial charge in [0.1, 0.15) is 5.60 Å². The van der Waals surface area contributed by atoms with Crippen LogP contribution < -0.4 is 4.90 Å². The summed E-state index contributed by atoms with van der Waals surface area (Å²) in [6, 6.07) is 16.8. The van der Waals surface area contributed by atoms with Gasteiger partial charge in [0.05, 0.1) is 18.6 Å². The molecule has 5 rings (SSSR count). The fraction of sp³-hybridized carbons (Fsp3) is 0.448. The molecule has 1 aromatic heterocycles. The number of hydrogen-bond acceptors (Lipinski definition) is 4. The van der Waals surface area contributed by atoms with Crippen molar-refractivity contribution < 1.29 is 14.3 Å². The number of aromatic nitrogens is 1. The first-order valence-corrected chi connectivity index (χ1v) is 12.8. The zero-order chi connectivity index (χ0) is 25.4. The predicted molar refractivity (Wildman–Crippen MR) is 142 cm³/mol. The quantitative estimate of drug-likeness (QED) is 0.548. The summed E-state index contributed by atoms with van der Waals surface area (Å²) >= 11 is 0. The number of hydrogen-bond donors (Lipinski definition) is 0. The molecule has 2 amide bonds. The van der Waals surface area contributed by atoms with Crippen molar-refractivity contribution in [2.75, 3.05) is 37.6 Å². The van der Waals surface area contributed by atoms with Crippen LogP contribution in [0.4, 0.5) is 10.5 Å². The van der Waals surface area contributed by atoms with E-state index in [9.17, 15) is 9.59 Å². The van der Waals surface area contributed by atoms with Crippen LogP contribution in [0.2, 0.25) is 0 Å². The Bertz CT molecular complexity index is 1280. The van der Waals surface area contributed by atoms with Gasteiger partial charge in [0.2, 0.25) is 5.91 Å². The van der Waals surface area contributed by atoms with E-state index in [-0.39, 0.29) is 12.0 Å². The summed E-state index contributed by atoms with van der Waals surface area (Å²) in [6.45, 7) is 9.74. The second kappa shape index (κ2) is 9.62. The van der Waals surface area contributed by atoms with Gasteiger partial charge in [0.25, 0.3) is 0 Å². The molecule has 0 bridgehead atoms. The van der Waals surface area contributed by atoms with Crippen molar-refractivity contribution in [3.8, 4) is 0 Å². The zero-order valence-corrected chi connectivity index (χ0v) is 21.8. The number of rotatable bonds is 4. The number of amides is 2. The van der Waals surface area contributed by atoms with E-state index in [0.717, 1.165) is 42.8 Å². The second-order valence-corrected chi connectivity index (χ2v) is 10.9. The summed E-state index contributed by atoms with van der Waals surface area (Å²) in [4.78, 5) is 31.7. The normalized spacial score (nSPS) is 16.9. The number of fused-ring (bicyclic) bond motifs is 3. The lowest BCUT2D eigenvalue weighted by Crippen LogP contribution is -2.50. The molecule has 0 radical (unpaired) electrons. The summed E-state index contributed by atoms with van der Waals surface area (Å²) in [5.74, 6) is 0.142. The Morgan fingerprint density at radius 3 is 2.50 bits per heavy atom. The number of ether oxygens (including phenoxy) is 1. The van der Waals surface area contributed by atoms with Gasteiger partial charge in [-0.05, 0) is 56.9 Å². The molecule has 0 aliphatic carbocycles. The van der Waals surface area contributed by atoms with Crippen molar-refractivity contribution in [1.29, 1.82) is 0 Å². The maximum atomic E-state index is 13.1. The fourth-order valence-corrected chi connectivity index (χ4v) is 5.31. The van der Waals surface area contributed by atoms with Crippen molar-refractivity contribution in [1.82, 2.24) is 14.4 Å². The monoisotopic (exact) mass is 488 g/mol. The van der Waals surface area contributed by atoms with Gasteiger partial charge in [-0.15, -0.1) is 0 Å². The minimum absolute atomic E-state index is 0.142. The van der Waals surface area contributed by atoms with E-state index in [1.165, 1.54) is 16.5 Å². The number of benzene rings is 2. The predicted octanol–water partition coefficient (Wildman–Crippen LogP) is 4.36. The lowest BCUT2D eigenvalue weighted by atomic mass is 10.0. The molecule has 0 atom stereocenters. The van der Waals surface area contributed by atoms with Crippen molar-refractivity contribution in [2.45, 2.75) is 45.8 Å². The van der Waals surface area contributed by atoms with Crippen molar-refractivity contribution in [3.63, 3.8) is 0 Å². The number of carbonyl (C=O) groups excluding carboxylic acids is 2. The number of piperazine rings is 1. The first-order chi connectivity index (χ1) is 17.2. The van der Waals surface area contributed by atoms with Crippen LogP contribution in [0.5, 0.6) is 0 Å². The molecule has 3 heterocycles. The molecule has 3 aromatic rings. The Labute approximate surface area is 213 Å². The molecule has 2 aliphatic rings. The molecule has 2 aromatic carbocycles. The van der Waals surface area contributed by atoms with Crippen LogP contribution in [0.15, 0.2) is 48.5 Å². The van der Waals surface area contributed by atoms with Crippen LogP contribution in [-0.2, 0) is 36.0 Å². The molecule has 1 saturated heterocycles. The van der Waals surface area contributed by atoms with Crippen LogP contribution in [0.1, 0.15) is 37.6 Å². The van der Waals surface area contributed by atoms with Crippen molar-refractivity contribution >= 4 is 28.6 Å². The van der Waals surface area contributed by atoms with E-state index in [4.69, 9.17) is 4.74 Å². The van der Waals surface area contributed by atoms with Gasteiger partial charge in [0.15, 0.2) is 0 Å². The minimum Gasteiger partial charge on any atom is -0.444 e. The highest BCUT2D eigenvalue weighted by Crippen LogP contribution is 2.33. The second-order valence-electron chi connectivity index (χ2n) is 10.9. The zero-order valence-electron chi connectivity index (χ0n) is 21.8. The molecule has 0 unspecified atom stereocenters. The molecule has 7 heteroatoms. The molecular weight excluding hydrogens is 452 g/mol. The molecular formula is C29H36N4O3. The first-order valence-electron chi connectivity index (χ1n) is 12.8. The van der Waals surface area contributed by atoms with Crippen molar-refractivity contribution in [3.05, 3.63) is 65.4 Å². The Hall–Kier alpha value is -3.32. The highest BCUT2D eigenvalue weighted by Gasteiger charge is 2.30. The maximum absolute atomic E-state index is 13.1. The Kier molecular flexibility index (Phi) is 6.51. The van der Waals surface area contributed by atoms with E-state index in [1.807, 2.05) is 38.8 Å². The van der Waals surface area contributed by atoms with E-state index in [1.54, 1.807) is 4.90 Å². The summed E-state index contributed by atoms with van der Waals surface area (Å²) in [5.41, 5.74) is 5.26. The summed E-state index contributed by atoms with van der Waals surface area (Å²) in [5, 5.41) is 1.20. The summed E-state index contributed by atoms with van der Waals surface area (Å²) in [6.07, 6.45) is 1.48. The topological polar surface area (TPSA) is 58.0 Å². The van der Waals surface area contributed by atoms with E-state index in [0.29, 0.717) is 26.2 Å². The molecule has 190 valence electrons. The smallest absolute Gasteiger partial charge is 0.410 e. The van der Waals surface area contributed by atoms with Crippen LogP contribution in [0.3, 0.4) is 0 Å². The van der Waals surface area contributed by atoms with Gasteiger partial charge >= 0.3 is 6.09 Å². The molecule has 0 N–H and O–H groups in total. The largest absolute Gasteiger partial charge is 0.444 e. The van der Waals surface area contributed by atoms with Crippen LogP contribution >= 0.6 is 0 Å². The fourth-order valence-electron chi connectivity index (χ4n) is 5.31.